The van der Waals surface area contributed by atoms with Gasteiger partial charge in [-0.25, -0.2) is 0 Å². The van der Waals surface area contributed by atoms with Crippen LogP contribution in [0.25, 0.3) is 0 Å². The summed E-state index contributed by atoms with van der Waals surface area (Å²) in [4.78, 5) is 4.16. The van der Waals surface area contributed by atoms with Crippen LogP contribution in [0.15, 0.2) is 12.4 Å². The van der Waals surface area contributed by atoms with E-state index >= 15 is 0 Å². The van der Waals surface area contributed by atoms with E-state index in [1.54, 1.807) is 0 Å². The summed E-state index contributed by atoms with van der Waals surface area (Å²) in [6.45, 7) is 6.48. The first-order chi connectivity index (χ1) is 5.25. The molecule has 0 atom stereocenters. The second kappa shape index (κ2) is 3.51. The van der Waals surface area contributed by atoms with E-state index in [0.717, 1.165) is 6.42 Å². The molecule has 1 heteroatoms. The summed E-state index contributed by atoms with van der Waals surface area (Å²) < 4.78 is 0. The van der Waals surface area contributed by atoms with Crippen LogP contribution in [0.4, 0.5) is 0 Å². The zero-order valence-corrected chi connectivity index (χ0v) is 7.52. The Balaban J connectivity index is 2.96. The molecule has 1 aromatic heterocycles. The summed E-state index contributed by atoms with van der Waals surface area (Å²) in [6, 6.07) is 0. The molecule has 0 aliphatic rings. The highest BCUT2D eigenvalue weighted by molar-refractivity contribution is 5.29. The van der Waals surface area contributed by atoms with E-state index in [1.807, 2.05) is 12.4 Å². The maximum absolute atomic E-state index is 4.16. The highest BCUT2D eigenvalue weighted by Crippen LogP contribution is 2.11. The number of aromatic nitrogens is 1. The van der Waals surface area contributed by atoms with Crippen molar-refractivity contribution in [2.24, 2.45) is 0 Å². The van der Waals surface area contributed by atoms with Crippen LogP contribution in [0.2, 0.25) is 0 Å². The smallest absolute Gasteiger partial charge is 0.0302 e. The third kappa shape index (κ3) is 1.79. The summed E-state index contributed by atoms with van der Waals surface area (Å²) in [5.41, 5.74) is 4.10. The zero-order chi connectivity index (χ0) is 8.27. The third-order valence-corrected chi connectivity index (χ3v) is 2.09. The Labute approximate surface area is 68.5 Å². The first-order valence-electron chi connectivity index (χ1n) is 4.15. The molecular weight excluding hydrogens is 134 g/mol. The number of aryl methyl sites for hydroxylation is 2. The van der Waals surface area contributed by atoms with Crippen LogP contribution >= 0.6 is 0 Å². The van der Waals surface area contributed by atoms with Crippen LogP contribution in [0.5, 0.6) is 0 Å². The predicted octanol–water partition coefficient (Wildman–Crippen LogP) is 2.65. The van der Waals surface area contributed by atoms with Gasteiger partial charge >= 0.3 is 0 Å². The lowest BCUT2D eigenvalue weighted by molar-refractivity contribution is 0.899. The number of hydrogen-bond donors (Lipinski definition) is 0. The lowest BCUT2D eigenvalue weighted by atomic mass is 10.0. The molecule has 0 fully saturated rings. The molecule has 1 aromatic rings. The Bertz CT molecular complexity index is 241. The molecule has 0 aliphatic heterocycles. The quantitative estimate of drug-likeness (QED) is 0.630. The number of nitrogens with zero attached hydrogens (tertiary/aromatic N) is 1. The lowest BCUT2D eigenvalue weighted by Crippen LogP contribution is -1.92. The minimum atomic E-state index is 1.15. The fourth-order valence-corrected chi connectivity index (χ4v) is 1.21. The fourth-order valence-electron chi connectivity index (χ4n) is 1.21. The monoisotopic (exact) mass is 149 g/mol. The molecular formula is C10H15N. The second-order valence-corrected chi connectivity index (χ2v) is 2.99. The van der Waals surface area contributed by atoms with Gasteiger partial charge in [0.2, 0.25) is 0 Å². The van der Waals surface area contributed by atoms with E-state index in [4.69, 9.17) is 0 Å². The number of hydrogen-bond acceptors (Lipinski definition) is 1. The van der Waals surface area contributed by atoms with Gasteiger partial charge in [0.25, 0.3) is 0 Å². The van der Waals surface area contributed by atoms with Gasteiger partial charge in [0.05, 0.1) is 0 Å². The van der Waals surface area contributed by atoms with Crippen LogP contribution in [0.3, 0.4) is 0 Å². The molecule has 0 saturated carbocycles. The van der Waals surface area contributed by atoms with Crippen molar-refractivity contribution in [1.82, 2.24) is 4.98 Å². The van der Waals surface area contributed by atoms with Crippen molar-refractivity contribution < 1.29 is 0 Å². The standard InChI is InChI=1S/C10H15N/c1-4-5-10-7-11-6-8(2)9(10)3/h6-7H,4-5H2,1-3H3. The first-order valence-corrected chi connectivity index (χ1v) is 4.15. The van der Waals surface area contributed by atoms with E-state index in [0.29, 0.717) is 0 Å². The molecule has 1 nitrogen and oxygen atoms in total. The van der Waals surface area contributed by atoms with Crippen LogP contribution in [-0.4, -0.2) is 4.98 Å². The molecule has 0 aliphatic carbocycles. The molecule has 0 unspecified atom stereocenters. The predicted molar refractivity (Wildman–Crippen MR) is 47.7 cm³/mol. The Hall–Kier alpha value is -0.850. The maximum Gasteiger partial charge on any atom is 0.0302 e. The van der Waals surface area contributed by atoms with Gasteiger partial charge in [-0.15, -0.1) is 0 Å². The highest BCUT2D eigenvalue weighted by Gasteiger charge is 1.98. The van der Waals surface area contributed by atoms with Gasteiger partial charge in [-0.3, -0.25) is 4.98 Å². The Kier molecular flexibility index (Phi) is 2.64. The highest BCUT2D eigenvalue weighted by atomic mass is 14.6. The minimum Gasteiger partial charge on any atom is -0.264 e. The summed E-state index contributed by atoms with van der Waals surface area (Å²) >= 11 is 0. The molecule has 0 spiro atoms. The summed E-state index contributed by atoms with van der Waals surface area (Å²) in [6.07, 6.45) is 6.26. The van der Waals surface area contributed by atoms with Crippen molar-refractivity contribution in [2.75, 3.05) is 0 Å². The summed E-state index contributed by atoms with van der Waals surface area (Å²) in [5, 5.41) is 0. The van der Waals surface area contributed by atoms with Gasteiger partial charge in [-0.1, -0.05) is 13.3 Å². The molecule has 0 N–H and O–H groups in total. The average molecular weight is 149 g/mol. The Morgan fingerprint density at radius 1 is 1.27 bits per heavy atom. The third-order valence-electron chi connectivity index (χ3n) is 2.09. The molecule has 0 bridgehead atoms. The summed E-state index contributed by atoms with van der Waals surface area (Å²) in [5.74, 6) is 0. The van der Waals surface area contributed by atoms with E-state index < -0.39 is 0 Å². The Morgan fingerprint density at radius 2 is 2.00 bits per heavy atom. The molecule has 0 saturated heterocycles. The van der Waals surface area contributed by atoms with E-state index in [1.165, 1.54) is 23.1 Å². The number of rotatable bonds is 2. The zero-order valence-electron chi connectivity index (χ0n) is 7.52. The van der Waals surface area contributed by atoms with Crippen molar-refractivity contribution in [2.45, 2.75) is 33.6 Å². The Morgan fingerprint density at radius 3 is 2.64 bits per heavy atom. The topological polar surface area (TPSA) is 12.9 Å². The van der Waals surface area contributed by atoms with Crippen molar-refractivity contribution >= 4 is 0 Å². The summed E-state index contributed by atoms with van der Waals surface area (Å²) in [7, 11) is 0. The van der Waals surface area contributed by atoms with Crippen molar-refractivity contribution in [3.05, 3.63) is 29.1 Å². The van der Waals surface area contributed by atoms with Crippen LogP contribution in [-0.2, 0) is 6.42 Å². The van der Waals surface area contributed by atoms with Crippen molar-refractivity contribution in [3.8, 4) is 0 Å². The fraction of sp³-hybridized carbons (Fsp3) is 0.500. The SMILES string of the molecule is CCCc1cncc(C)c1C. The maximum atomic E-state index is 4.16. The molecule has 0 aromatic carbocycles. The minimum absolute atomic E-state index is 1.15. The van der Waals surface area contributed by atoms with E-state index in [9.17, 15) is 0 Å². The van der Waals surface area contributed by atoms with Gasteiger partial charge < -0.3 is 0 Å². The number of pyridine rings is 1. The first kappa shape index (κ1) is 8.25. The van der Waals surface area contributed by atoms with E-state index in [-0.39, 0.29) is 0 Å². The van der Waals surface area contributed by atoms with Gasteiger partial charge in [0, 0.05) is 12.4 Å². The molecule has 60 valence electrons. The van der Waals surface area contributed by atoms with Crippen LogP contribution in [0, 0.1) is 13.8 Å². The van der Waals surface area contributed by atoms with E-state index in [2.05, 4.69) is 25.8 Å². The van der Waals surface area contributed by atoms with Gasteiger partial charge in [-0.05, 0) is 37.0 Å². The van der Waals surface area contributed by atoms with Crippen LogP contribution < -0.4 is 0 Å². The van der Waals surface area contributed by atoms with Crippen molar-refractivity contribution in [1.29, 1.82) is 0 Å². The largest absolute Gasteiger partial charge is 0.264 e. The second-order valence-electron chi connectivity index (χ2n) is 2.99. The molecule has 0 radical (unpaired) electrons. The van der Waals surface area contributed by atoms with Gasteiger partial charge in [0.1, 0.15) is 0 Å². The van der Waals surface area contributed by atoms with Gasteiger partial charge in [0.15, 0.2) is 0 Å². The van der Waals surface area contributed by atoms with Crippen LogP contribution in [0.1, 0.15) is 30.0 Å². The van der Waals surface area contributed by atoms with Crippen molar-refractivity contribution in [3.63, 3.8) is 0 Å². The van der Waals surface area contributed by atoms with Gasteiger partial charge in [-0.2, -0.15) is 0 Å². The normalized spacial score (nSPS) is 10.1. The average Bonchev–Trinajstić information content (AvgIpc) is 1.99. The molecule has 11 heavy (non-hydrogen) atoms. The lowest BCUT2D eigenvalue weighted by Gasteiger charge is -2.05. The molecule has 1 heterocycles. The molecule has 1 rings (SSSR count). The molecule has 0 amide bonds.